The van der Waals surface area contributed by atoms with E-state index in [0.717, 1.165) is 28.6 Å². The SMILES string of the molecule is COc1ccccc1Cn1ccnc1Nc1ccc2cccc-2o1. The molecular formula is C19H17N3O2. The summed E-state index contributed by atoms with van der Waals surface area (Å²) in [5.41, 5.74) is 2.17. The van der Waals surface area contributed by atoms with E-state index in [9.17, 15) is 0 Å². The largest absolute Gasteiger partial charge is 0.496 e. The summed E-state index contributed by atoms with van der Waals surface area (Å²) in [5, 5.41) is 3.24. The minimum atomic E-state index is 0.654. The van der Waals surface area contributed by atoms with Crippen LogP contribution in [-0.2, 0) is 6.54 Å². The lowest BCUT2D eigenvalue weighted by atomic mass is 10.2. The van der Waals surface area contributed by atoms with Gasteiger partial charge in [0.1, 0.15) is 11.5 Å². The number of para-hydroxylation sites is 1. The molecule has 0 spiro atoms. The Morgan fingerprint density at radius 2 is 2.00 bits per heavy atom. The second-order valence-electron chi connectivity index (χ2n) is 5.46. The molecule has 0 saturated carbocycles. The molecule has 0 unspecified atom stereocenters. The first-order chi connectivity index (χ1) is 11.8. The van der Waals surface area contributed by atoms with Gasteiger partial charge in [-0.2, -0.15) is 0 Å². The summed E-state index contributed by atoms with van der Waals surface area (Å²) in [5.74, 6) is 3.08. The Hall–Kier alpha value is -3.21. The molecule has 0 atom stereocenters. The number of methoxy groups -OCH3 is 1. The summed E-state index contributed by atoms with van der Waals surface area (Å²) >= 11 is 0. The number of anilines is 2. The molecule has 1 aliphatic heterocycles. The van der Waals surface area contributed by atoms with E-state index in [-0.39, 0.29) is 0 Å². The topological polar surface area (TPSA) is 52.2 Å². The monoisotopic (exact) mass is 319 g/mol. The fourth-order valence-electron chi connectivity index (χ4n) is 2.72. The van der Waals surface area contributed by atoms with E-state index in [2.05, 4.69) is 10.3 Å². The zero-order valence-corrected chi connectivity index (χ0v) is 13.3. The Morgan fingerprint density at radius 3 is 2.92 bits per heavy atom. The number of benzene rings is 1. The molecule has 120 valence electrons. The van der Waals surface area contributed by atoms with Crippen molar-refractivity contribution in [2.24, 2.45) is 0 Å². The standard InChI is InChI=1S/C19H17N3O2/c1-23-16-7-3-2-5-15(16)13-22-12-11-20-19(22)21-18-10-9-14-6-4-8-17(14)24-18/h2-12H,13H2,1H3,(H,20,21). The van der Waals surface area contributed by atoms with Crippen molar-refractivity contribution in [3.05, 3.63) is 72.6 Å². The highest BCUT2D eigenvalue weighted by Gasteiger charge is 2.10. The minimum Gasteiger partial charge on any atom is -0.496 e. The lowest BCUT2D eigenvalue weighted by molar-refractivity contribution is 0.408. The molecule has 0 fully saturated rings. The maximum absolute atomic E-state index is 5.84. The van der Waals surface area contributed by atoms with Crippen LogP contribution in [0.3, 0.4) is 0 Å². The van der Waals surface area contributed by atoms with E-state index in [1.54, 1.807) is 13.3 Å². The van der Waals surface area contributed by atoms with Crippen molar-refractivity contribution in [3.8, 4) is 17.1 Å². The summed E-state index contributed by atoms with van der Waals surface area (Å²) in [7, 11) is 1.68. The average Bonchev–Trinajstić information content (AvgIpc) is 3.24. The molecule has 0 radical (unpaired) electrons. The number of nitrogens with one attached hydrogen (secondary N) is 1. The molecule has 1 N–H and O–H groups in total. The third kappa shape index (κ3) is 2.72. The van der Waals surface area contributed by atoms with Gasteiger partial charge >= 0.3 is 0 Å². The molecule has 2 aromatic rings. The Balaban J connectivity index is 1.59. The second-order valence-corrected chi connectivity index (χ2v) is 5.46. The summed E-state index contributed by atoms with van der Waals surface area (Å²) in [6.07, 6.45) is 3.69. The summed E-state index contributed by atoms with van der Waals surface area (Å²) in [6, 6.07) is 17.8. The van der Waals surface area contributed by atoms with Crippen LogP contribution in [0.1, 0.15) is 5.56 Å². The van der Waals surface area contributed by atoms with Crippen LogP contribution in [0.2, 0.25) is 0 Å². The normalized spacial score (nSPS) is 10.9. The molecule has 0 bridgehead atoms. The molecule has 4 rings (SSSR count). The number of fused-ring (bicyclic) bond motifs is 1. The lowest BCUT2D eigenvalue weighted by Gasteiger charge is -2.12. The van der Waals surface area contributed by atoms with E-state index >= 15 is 0 Å². The van der Waals surface area contributed by atoms with Gasteiger partial charge in [-0.1, -0.05) is 30.3 Å². The number of imidazole rings is 1. The first kappa shape index (κ1) is 14.4. The quantitative estimate of drug-likeness (QED) is 0.593. The van der Waals surface area contributed by atoms with Crippen LogP contribution in [-0.4, -0.2) is 16.7 Å². The van der Waals surface area contributed by atoms with Gasteiger partial charge in [0, 0.05) is 23.5 Å². The highest BCUT2D eigenvalue weighted by Crippen LogP contribution is 2.28. The van der Waals surface area contributed by atoms with Crippen LogP contribution in [0.25, 0.3) is 11.3 Å². The van der Waals surface area contributed by atoms with Crippen molar-refractivity contribution in [1.82, 2.24) is 9.55 Å². The smallest absolute Gasteiger partial charge is 0.209 e. The summed E-state index contributed by atoms with van der Waals surface area (Å²) < 4.78 is 13.3. The highest BCUT2D eigenvalue weighted by molar-refractivity contribution is 5.63. The molecule has 0 amide bonds. The maximum Gasteiger partial charge on any atom is 0.209 e. The van der Waals surface area contributed by atoms with Crippen LogP contribution in [0.15, 0.2) is 71.4 Å². The van der Waals surface area contributed by atoms with E-state index in [0.29, 0.717) is 12.4 Å². The number of ether oxygens (including phenoxy) is 1. The van der Waals surface area contributed by atoms with E-state index < -0.39 is 0 Å². The predicted octanol–water partition coefficient (Wildman–Crippen LogP) is 4.38. The van der Waals surface area contributed by atoms with E-state index in [1.165, 1.54) is 0 Å². The van der Waals surface area contributed by atoms with Crippen LogP contribution >= 0.6 is 0 Å². The number of hydrogen-bond donors (Lipinski definition) is 1. The number of nitrogens with zero attached hydrogens (tertiary/aromatic N) is 2. The molecule has 1 aliphatic carbocycles. The van der Waals surface area contributed by atoms with Gasteiger partial charge in [-0.3, -0.25) is 5.32 Å². The third-order valence-corrected chi connectivity index (χ3v) is 3.93. The molecule has 1 aromatic heterocycles. The van der Waals surface area contributed by atoms with Crippen LogP contribution in [0, 0.1) is 0 Å². The van der Waals surface area contributed by atoms with Crippen molar-refractivity contribution < 1.29 is 9.15 Å². The molecule has 24 heavy (non-hydrogen) atoms. The maximum atomic E-state index is 5.84. The zero-order valence-electron chi connectivity index (χ0n) is 13.3. The first-order valence-electron chi connectivity index (χ1n) is 7.72. The Kier molecular flexibility index (Phi) is 3.67. The third-order valence-electron chi connectivity index (χ3n) is 3.93. The van der Waals surface area contributed by atoms with Gasteiger partial charge < -0.3 is 13.7 Å². The average molecular weight is 319 g/mol. The van der Waals surface area contributed by atoms with Crippen LogP contribution < -0.4 is 10.1 Å². The number of rotatable bonds is 5. The van der Waals surface area contributed by atoms with Gasteiger partial charge in [0.05, 0.1) is 13.7 Å². The van der Waals surface area contributed by atoms with Crippen molar-refractivity contribution in [3.63, 3.8) is 0 Å². The minimum absolute atomic E-state index is 0.654. The highest BCUT2D eigenvalue weighted by atomic mass is 16.5. The van der Waals surface area contributed by atoms with Gasteiger partial charge in [0.2, 0.25) is 5.95 Å². The Bertz CT molecular complexity index is 926. The summed E-state index contributed by atoms with van der Waals surface area (Å²) in [6.45, 7) is 0.658. The van der Waals surface area contributed by atoms with Gasteiger partial charge in [-0.15, -0.1) is 0 Å². The number of hydrogen-bond acceptors (Lipinski definition) is 4. The Labute approximate surface area is 139 Å². The second kappa shape index (κ2) is 6.12. The van der Waals surface area contributed by atoms with Gasteiger partial charge in [0.15, 0.2) is 5.88 Å². The molecule has 0 saturated heterocycles. The first-order valence-corrected chi connectivity index (χ1v) is 7.72. The van der Waals surface area contributed by atoms with Crippen molar-refractivity contribution >= 4 is 11.8 Å². The van der Waals surface area contributed by atoms with E-state index in [1.807, 2.05) is 65.4 Å². The fraction of sp³-hybridized carbons (Fsp3) is 0.105. The predicted molar refractivity (Wildman–Crippen MR) is 92.9 cm³/mol. The Morgan fingerprint density at radius 1 is 1.08 bits per heavy atom. The van der Waals surface area contributed by atoms with Gasteiger partial charge in [-0.25, -0.2) is 4.98 Å². The molecule has 2 heterocycles. The summed E-state index contributed by atoms with van der Waals surface area (Å²) in [4.78, 5) is 4.38. The molecule has 1 aromatic carbocycles. The van der Waals surface area contributed by atoms with Gasteiger partial charge in [-0.05, 0) is 24.3 Å². The molecule has 5 heteroatoms. The zero-order chi connectivity index (χ0) is 16.4. The number of aromatic nitrogens is 2. The van der Waals surface area contributed by atoms with Crippen molar-refractivity contribution in [2.75, 3.05) is 12.4 Å². The van der Waals surface area contributed by atoms with Crippen LogP contribution in [0.5, 0.6) is 5.75 Å². The van der Waals surface area contributed by atoms with Crippen molar-refractivity contribution in [1.29, 1.82) is 0 Å². The van der Waals surface area contributed by atoms with Gasteiger partial charge in [0.25, 0.3) is 0 Å². The fourth-order valence-corrected chi connectivity index (χ4v) is 2.72. The lowest BCUT2D eigenvalue weighted by Crippen LogP contribution is -2.05. The molecule has 5 nitrogen and oxygen atoms in total. The van der Waals surface area contributed by atoms with Crippen molar-refractivity contribution in [2.45, 2.75) is 6.54 Å². The molecule has 2 aliphatic rings. The molecular weight excluding hydrogens is 302 g/mol. The van der Waals surface area contributed by atoms with Crippen LogP contribution in [0.4, 0.5) is 11.8 Å². The van der Waals surface area contributed by atoms with E-state index in [4.69, 9.17) is 9.15 Å².